The van der Waals surface area contributed by atoms with Gasteiger partial charge in [-0.05, 0) is 105 Å². The van der Waals surface area contributed by atoms with Crippen LogP contribution in [0.2, 0.25) is 0 Å². The topological polar surface area (TPSA) is 106 Å². The molecule has 4 bridgehead atoms. The summed E-state index contributed by atoms with van der Waals surface area (Å²) in [5.41, 5.74) is 3.90. The van der Waals surface area contributed by atoms with Gasteiger partial charge >= 0.3 is 0 Å². The van der Waals surface area contributed by atoms with E-state index in [9.17, 15) is 14.4 Å². The number of piperidine rings is 1. The van der Waals surface area contributed by atoms with Gasteiger partial charge in [0.25, 0.3) is 0 Å². The summed E-state index contributed by atoms with van der Waals surface area (Å²) in [6.45, 7) is 1.66. The number of hydrogen-bond donors (Lipinski definition) is 2. The molecule has 2 aliphatic heterocycles. The summed E-state index contributed by atoms with van der Waals surface area (Å²) in [6.07, 6.45) is 9.43. The first-order valence-electron chi connectivity index (χ1n) is 17.1. The van der Waals surface area contributed by atoms with Gasteiger partial charge < -0.3 is 15.4 Å². The number of rotatable bonds is 8. The lowest BCUT2D eigenvalue weighted by Gasteiger charge is -2.35. The van der Waals surface area contributed by atoms with Crippen LogP contribution in [0.4, 0.5) is 0 Å². The summed E-state index contributed by atoms with van der Waals surface area (Å²) < 4.78 is 8.00. The van der Waals surface area contributed by atoms with E-state index in [1.54, 1.807) is 10.9 Å². The fraction of sp³-hybridized carbons (Fsp3) is 0.385. The third-order valence-electron chi connectivity index (χ3n) is 9.36. The van der Waals surface area contributed by atoms with Crippen LogP contribution >= 0.6 is 0 Å². The third-order valence-corrected chi connectivity index (χ3v) is 9.36. The summed E-state index contributed by atoms with van der Waals surface area (Å²) in [7, 11) is 1.85. The van der Waals surface area contributed by atoms with Crippen LogP contribution in [0.15, 0.2) is 91.3 Å². The van der Waals surface area contributed by atoms with Crippen LogP contribution in [0.3, 0.4) is 0 Å². The van der Waals surface area contributed by atoms with Gasteiger partial charge in [-0.3, -0.25) is 24.0 Å². The summed E-state index contributed by atoms with van der Waals surface area (Å²) in [6, 6.07) is 23.5. The molecule has 2 amide bonds. The second-order valence-corrected chi connectivity index (χ2v) is 13.1. The molecule has 3 atom stereocenters. The minimum atomic E-state index is -0.812. The first kappa shape index (κ1) is 33.2. The van der Waals surface area contributed by atoms with E-state index >= 15 is 0 Å². The number of nitrogens with zero attached hydrogens (tertiary/aromatic N) is 3. The molecule has 250 valence electrons. The number of aryl methyl sites for hydroxylation is 3. The zero-order chi connectivity index (χ0) is 33.3. The monoisotopic (exact) mass is 647 g/mol. The van der Waals surface area contributed by atoms with Crippen molar-refractivity contribution in [3.05, 3.63) is 114 Å². The molecule has 1 fully saturated rings. The molecular weight excluding hydrogens is 602 g/mol. The number of likely N-dealkylation sites (tertiary alicyclic amines) is 1. The number of nitrogens with one attached hydrogen (secondary N) is 2. The van der Waals surface area contributed by atoms with Crippen molar-refractivity contribution in [2.75, 3.05) is 13.1 Å². The van der Waals surface area contributed by atoms with E-state index in [1.807, 2.05) is 92.1 Å². The van der Waals surface area contributed by atoms with E-state index in [1.165, 1.54) is 0 Å². The minimum Gasteiger partial charge on any atom is -0.457 e. The van der Waals surface area contributed by atoms with Gasteiger partial charge in [0.15, 0.2) is 5.78 Å². The van der Waals surface area contributed by atoms with Gasteiger partial charge in [0, 0.05) is 19.7 Å². The van der Waals surface area contributed by atoms with Crippen LogP contribution in [-0.2, 0) is 47.1 Å². The Kier molecular flexibility index (Phi) is 11.0. The molecule has 0 aliphatic carbocycles. The molecule has 9 nitrogen and oxygen atoms in total. The lowest BCUT2D eigenvalue weighted by atomic mass is 9.96. The predicted octanol–water partition coefficient (Wildman–Crippen LogP) is 4.97. The fourth-order valence-electron chi connectivity index (χ4n) is 6.74. The summed E-state index contributed by atoms with van der Waals surface area (Å²) >= 11 is 0. The van der Waals surface area contributed by atoms with Crippen LogP contribution in [0.25, 0.3) is 0 Å². The van der Waals surface area contributed by atoms with E-state index < -0.39 is 18.1 Å². The molecule has 3 heterocycles. The number of hydrogen-bond acceptors (Lipinski definition) is 6. The molecule has 6 rings (SSSR count). The van der Waals surface area contributed by atoms with Crippen LogP contribution < -0.4 is 15.4 Å². The number of aromatic nitrogens is 2. The normalized spacial score (nSPS) is 20.7. The van der Waals surface area contributed by atoms with Crippen molar-refractivity contribution < 1.29 is 19.1 Å². The number of carbonyl (C=O) groups excluding carboxylic acids is 3. The van der Waals surface area contributed by atoms with Crippen LogP contribution in [0.1, 0.15) is 54.4 Å². The Hall–Kier alpha value is -4.76. The van der Waals surface area contributed by atoms with Crippen molar-refractivity contribution in [3.63, 3.8) is 0 Å². The maximum Gasteiger partial charge on any atom is 0.243 e. The largest absolute Gasteiger partial charge is 0.457 e. The van der Waals surface area contributed by atoms with E-state index in [-0.39, 0.29) is 24.0 Å². The van der Waals surface area contributed by atoms with Gasteiger partial charge in [0.2, 0.25) is 11.8 Å². The number of fused-ring (bicyclic) bond motifs is 4. The predicted molar refractivity (Wildman–Crippen MR) is 185 cm³/mol. The van der Waals surface area contributed by atoms with Gasteiger partial charge in [0.05, 0.1) is 18.3 Å². The van der Waals surface area contributed by atoms with E-state index in [0.29, 0.717) is 43.6 Å². The van der Waals surface area contributed by atoms with Gasteiger partial charge in [0.1, 0.15) is 17.5 Å². The Morgan fingerprint density at radius 2 is 1.52 bits per heavy atom. The molecular formula is C39H45N5O4. The molecule has 3 aromatic carbocycles. The standard InChI is InChI=1S/C39H45N5O4/c1-43-27-31(26-40-43)17-19-37(45)35-24-29-12-8-14-32(22-29)48-33-15-9-13-30(23-33)25-36(44-20-6-3-7-21-44)39(47)41-34(38(46)42-35)18-16-28-10-4-2-5-11-28/h2,4-5,8-15,22-23,26-27,34-36H,3,6-7,16-21,24-25H2,1H3,(H,41,47)(H,42,46)/t34-,35-,36-/m0/s1. The molecule has 48 heavy (non-hydrogen) atoms. The molecule has 9 heteroatoms. The first-order valence-corrected chi connectivity index (χ1v) is 17.1. The maximum absolute atomic E-state index is 14.2. The Balaban J connectivity index is 1.33. The van der Waals surface area contributed by atoms with Gasteiger partial charge in [-0.15, -0.1) is 0 Å². The summed E-state index contributed by atoms with van der Waals surface area (Å²) in [5, 5.41) is 10.5. The second kappa shape index (κ2) is 15.9. The van der Waals surface area contributed by atoms with Crippen LogP contribution in [0.5, 0.6) is 11.5 Å². The number of amides is 2. The number of ketones is 1. The second-order valence-electron chi connectivity index (χ2n) is 13.1. The Morgan fingerprint density at radius 3 is 2.21 bits per heavy atom. The maximum atomic E-state index is 14.2. The van der Waals surface area contributed by atoms with Gasteiger partial charge in [-0.2, -0.15) is 5.10 Å². The van der Waals surface area contributed by atoms with E-state index in [0.717, 1.165) is 54.6 Å². The van der Waals surface area contributed by atoms with Crippen LogP contribution in [0, 0.1) is 0 Å². The molecule has 0 unspecified atom stereocenters. The molecule has 4 aromatic rings. The highest BCUT2D eigenvalue weighted by Gasteiger charge is 2.32. The Morgan fingerprint density at radius 1 is 0.812 bits per heavy atom. The molecule has 0 saturated carbocycles. The number of benzene rings is 3. The zero-order valence-corrected chi connectivity index (χ0v) is 27.6. The summed E-state index contributed by atoms with van der Waals surface area (Å²) in [5.74, 6) is 0.737. The molecule has 0 spiro atoms. The number of ether oxygens (including phenoxy) is 1. The molecule has 2 aliphatic rings. The smallest absolute Gasteiger partial charge is 0.243 e. The van der Waals surface area contributed by atoms with Crippen molar-refractivity contribution >= 4 is 17.6 Å². The van der Waals surface area contributed by atoms with Crippen molar-refractivity contribution in [2.45, 2.75) is 75.9 Å². The van der Waals surface area contributed by atoms with Gasteiger partial charge in [-0.1, -0.05) is 61.0 Å². The minimum absolute atomic E-state index is 0.0772. The quantitative estimate of drug-likeness (QED) is 0.280. The Labute approximate surface area is 282 Å². The molecule has 1 aromatic heterocycles. The third kappa shape index (κ3) is 8.98. The highest BCUT2D eigenvalue weighted by Crippen LogP contribution is 2.26. The SMILES string of the molecule is Cn1cc(CCC(=O)[C@@H]2Cc3cccc(c3)Oc3cccc(c3)C[C@H](N3CCCCC3)C(=O)N[C@@H](CCc3ccccc3)C(=O)N2)cn1. The van der Waals surface area contributed by atoms with E-state index in [2.05, 4.69) is 20.6 Å². The average molecular weight is 648 g/mol. The van der Waals surface area contributed by atoms with Crippen molar-refractivity contribution in [3.8, 4) is 11.5 Å². The molecule has 2 N–H and O–H groups in total. The zero-order valence-electron chi connectivity index (χ0n) is 27.6. The number of Topliss-reactive ketones (excluding diaryl/α,β-unsaturated/α-hetero) is 1. The summed E-state index contributed by atoms with van der Waals surface area (Å²) in [4.78, 5) is 44.5. The van der Waals surface area contributed by atoms with Crippen molar-refractivity contribution in [1.29, 1.82) is 0 Å². The molecule has 0 radical (unpaired) electrons. The number of carbonyl (C=O) groups is 3. The fourth-order valence-corrected chi connectivity index (χ4v) is 6.74. The first-order chi connectivity index (χ1) is 23.4. The van der Waals surface area contributed by atoms with E-state index in [4.69, 9.17) is 4.74 Å². The average Bonchev–Trinajstić information content (AvgIpc) is 3.53. The van der Waals surface area contributed by atoms with Gasteiger partial charge in [-0.25, -0.2) is 0 Å². The lowest BCUT2D eigenvalue weighted by molar-refractivity contribution is -0.133. The van der Waals surface area contributed by atoms with Crippen molar-refractivity contribution in [1.82, 2.24) is 25.3 Å². The molecule has 1 saturated heterocycles. The van der Waals surface area contributed by atoms with Crippen LogP contribution in [-0.4, -0.2) is 63.5 Å². The highest BCUT2D eigenvalue weighted by atomic mass is 16.5. The van der Waals surface area contributed by atoms with Crippen molar-refractivity contribution in [2.24, 2.45) is 7.05 Å². The lowest BCUT2D eigenvalue weighted by Crippen LogP contribution is -2.57. The Bertz CT molecular complexity index is 1700. The highest BCUT2D eigenvalue weighted by molar-refractivity contribution is 5.94.